The van der Waals surface area contributed by atoms with Crippen LogP contribution in [0, 0.1) is 12.8 Å². The molecule has 2 aliphatic heterocycles. The molecule has 0 radical (unpaired) electrons. The summed E-state index contributed by atoms with van der Waals surface area (Å²) in [5, 5.41) is 3.50. The van der Waals surface area contributed by atoms with Crippen LogP contribution in [0.3, 0.4) is 0 Å². The molecule has 1 N–H and O–H groups in total. The molecule has 0 bridgehead atoms. The highest BCUT2D eigenvalue weighted by atomic mass is 35.5. The minimum absolute atomic E-state index is 0. The average Bonchev–Trinajstić information content (AvgIpc) is 2.50. The second-order valence-electron chi connectivity index (χ2n) is 7.21. The number of nitrogens with one attached hydrogen (secondary N) is 1. The maximum atomic E-state index is 3.50. The molecule has 2 saturated heterocycles. The molecule has 1 aromatic rings. The van der Waals surface area contributed by atoms with Gasteiger partial charge in [-0.05, 0) is 75.2 Å². The fraction of sp³-hybridized carbons (Fsp3) is 0.684. The van der Waals surface area contributed by atoms with Crippen molar-refractivity contribution >= 4 is 24.8 Å². The van der Waals surface area contributed by atoms with Gasteiger partial charge in [0.05, 0.1) is 0 Å². The topological polar surface area (TPSA) is 15.3 Å². The Balaban J connectivity index is 0.00000132. The molecule has 2 aliphatic rings. The Labute approximate surface area is 154 Å². The van der Waals surface area contributed by atoms with Gasteiger partial charge in [-0.25, -0.2) is 0 Å². The third-order valence-corrected chi connectivity index (χ3v) is 5.22. The van der Waals surface area contributed by atoms with Crippen molar-refractivity contribution in [1.82, 2.24) is 10.2 Å². The van der Waals surface area contributed by atoms with Crippen LogP contribution in [-0.4, -0.2) is 31.1 Å². The van der Waals surface area contributed by atoms with E-state index in [4.69, 9.17) is 0 Å². The van der Waals surface area contributed by atoms with Crippen molar-refractivity contribution in [3.05, 3.63) is 34.9 Å². The second-order valence-corrected chi connectivity index (χ2v) is 7.21. The monoisotopic (exact) mass is 358 g/mol. The highest BCUT2D eigenvalue weighted by molar-refractivity contribution is 5.85. The van der Waals surface area contributed by atoms with Crippen LogP contribution in [0.4, 0.5) is 0 Å². The van der Waals surface area contributed by atoms with Crippen molar-refractivity contribution in [3.8, 4) is 0 Å². The van der Waals surface area contributed by atoms with E-state index in [1.54, 1.807) is 11.1 Å². The summed E-state index contributed by atoms with van der Waals surface area (Å²) in [6.07, 6.45) is 5.38. The zero-order valence-corrected chi connectivity index (χ0v) is 16.1. The van der Waals surface area contributed by atoms with E-state index in [1.807, 2.05) is 0 Å². The summed E-state index contributed by atoms with van der Waals surface area (Å²) in [5.74, 6) is 1.63. The predicted molar refractivity (Wildman–Crippen MR) is 104 cm³/mol. The molecule has 0 saturated carbocycles. The van der Waals surface area contributed by atoms with Crippen molar-refractivity contribution in [1.29, 1.82) is 0 Å². The third-order valence-electron chi connectivity index (χ3n) is 5.22. The number of aryl methyl sites for hydroxylation is 1. The van der Waals surface area contributed by atoms with Crippen LogP contribution < -0.4 is 5.32 Å². The van der Waals surface area contributed by atoms with Crippen LogP contribution >= 0.6 is 24.8 Å². The number of likely N-dealkylation sites (tertiary alicyclic amines) is 1. The van der Waals surface area contributed by atoms with Crippen LogP contribution in [0.25, 0.3) is 0 Å². The molecule has 2 nitrogen and oxygen atoms in total. The average molecular weight is 359 g/mol. The van der Waals surface area contributed by atoms with Gasteiger partial charge in [0.1, 0.15) is 0 Å². The number of halogens is 2. The molecular formula is C19H32Cl2N2. The number of benzene rings is 1. The predicted octanol–water partition coefficient (Wildman–Crippen LogP) is 4.54. The lowest BCUT2D eigenvalue weighted by Crippen LogP contribution is -2.34. The Bertz CT molecular complexity index is 472. The summed E-state index contributed by atoms with van der Waals surface area (Å²) in [5.41, 5.74) is 4.63. The Morgan fingerprint density at radius 2 is 1.87 bits per heavy atom. The molecular weight excluding hydrogens is 327 g/mol. The first-order chi connectivity index (χ1) is 10.2. The van der Waals surface area contributed by atoms with E-state index in [0.717, 1.165) is 18.4 Å². The van der Waals surface area contributed by atoms with E-state index in [9.17, 15) is 0 Å². The Kier molecular flexibility index (Phi) is 8.92. The molecule has 0 spiro atoms. The zero-order valence-electron chi connectivity index (χ0n) is 14.5. The van der Waals surface area contributed by atoms with Crippen molar-refractivity contribution in [2.75, 3.05) is 26.2 Å². The van der Waals surface area contributed by atoms with Gasteiger partial charge in [-0.1, -0.05) is 30.7 Å². The van der Waals surface area contributed by atoms with E-state index >= 15 is 0 Å². The maximum Gasteiger partial charge on any atom is 0.0236 e. The third kappa shape index (κ3) is 5.63. The van der Waals surface area contributed by atoms with Gasteiger partial charge in [0, 0.05) is 13.1 Å². The minimum Gasteiger partial charge on any atom is -0.317 e. The van der Waals surface area contributed by atoms with Crippen LogP contribution in [0.1, 0.15) is 55.2 Å². The van der Waals surface area contributed by atoms with Gasteiger partial charge >= 0.3 is 0 Å². The molecule has 1 atom stereocenters. The zero-order chi connectivity index (χ0) is 14.7. The smallest absolute Gasteiger partial charge is 0.0236 e. The normalized spacial score (nSPS) is 23.0. The van der Waals surface area contributed by atoms with E-state index in [-0.39, 0.29) is 24.8 Å². The van der Waals surface area contributed by atoms with Crippen LogP contribution in [-0.2, 0) is 6.54 Å². The molecule has 132 valence electrons. The lowest BCUT2D eigenvalue weighted by molar-refractivity contribution is 0.176. The summed E-state index contributed by atoms with van der Waals surface area (Å²) in [6, 6.07) is 7.15. The first-order valence-electron chi connectivity index (χ1n) is 8.75. The number of nitrogens with zero attached hydrogens (tertiary/aromatic N) is 1. The lowest BCUT2D eigenvalue weighted by Gasteiger charge is -2.33. The largest absolute Gasteiger partial charge is 0.317 e. The Morgan fingerprint density at radius 3 is 2.57 bits per heavy atom. The van der Waals surface area contributed by atoms with Gasteiger partial charge in [-0.2, -0.15) is 0 Å². The number of piperidine rings is 2. The molecule has 2 fully saturated rings. The van der Waals surface area contributed by atoms with Gasteiger partial charge < -0.3 is 5.32 Å². The molecule has 23 heavy (non-hydrogen) atoms. The summed E-state index contributed by atoms with van der Waals surface area (Å²) in [6.45, 7) is 10.7. The van der Waals surface area contributed by atoms with Gasteiger partial charge in [-0.3, -0.25) is 4.90 Å². The van der Waals surface area contributed by atoms with E-state index < -0.39 is 0 Å². The first kappa shape index (κ1) is 20.8. The summed E-state index contributed by atoms with van der Waals surface area (Å²) in [4.78, 5) is 2.67. The molecule has 0 amide bonds. The second kappa shape index (κ2) is 9.88. The van der Waals surface area contributed by atoms with E-state index in [0.29, 0.717) is 0 Å². The standard InChI is InChI=1S/C19H30N2.2ClH/c1-15-5-6-18(14-21-11-3-4-16(2)13-21)19(12-15)17-7-9-20-10-8-17;;/h5-6,12,16-17,20H,3-4,7-11,13-14H2,1-2H3;2*1H. The van der Waals surface area contributed by atoms with Gasteiger partial charge in [0.2, 0.25) is 0 Å². The fourth-order valence-electron chi connectivity index (χ4n) is 4.04. The van der Waals surface area contributed by atoms with Gasteiger partial charge in [-0.15, -0.1) is 24.8 Å². The van der Waals surface area contributed by atoms with Gasteiger partial charge in [0.25, 0.3) is 0 Å². The highest BCUT2D eigenvalue weighted by Crippen LogP contribution is 2.30. The van der Waals surface area contributed by atoms with Crippen molar-refractivity contribution in [2.24, 2.45) is 5.92 Å². The molecule has 2 heterocycles. The fourth-order valence-corrected chi connectivity index (χ4v) is 4.04. The van der Waals surface area contributed by atoms with E-state index in [2.05, 4.69) is 42.3 Å². The summed E-state index contributed by atoms with van der Waals surface area (Å²) < 4.78 is 0. The number of rotatable bonds is 3. The van der Waals surface area contributed by atoms with Crippen molar-refractivity contribution in [2.45, 2.75) is 52.0 Å². The van der Waals surface area contributed by atoms with Crippen molar-refractivity contribution < 1.29 is 0 Å². The van der Waals surface area contributed by atoms with E-state index in [1.165, 1.54) is 57.4 Å². The maximum absolute atomic E-state index is 3.50. The van der Waals surface area contributed by atoms with Crippen LogP contribution in [0.2, 0.25) is 0 Å². The number of hydrogen-bond acceptors (Lipinski definition) is 2. The molecule has 0 aromatic heterocycles. The Hall–Kier alpha value is -0.280. The Morgan fingerprint density at radius 1 is 1.13 bits per heavy atom. The molecule has 4 heteroatoms. The lowest BCUT2D eigenvalue weighted by atomic mass is 9.86. The van der Waals surface area contributed by atoms with Gasteiger partial charge in [0.15, 0.2) is 0 Å². The molecule has 1 unspecified atom stereocenters. The summed E-state index contributed by atoms with van der Waals surface area (Å²) in [7, 11) is 0. The summed E-state index contributed by atoms with van der Waals surface area (Å²) >= 11 is 0. The molecule has 0 aliphatic carbocycles. The van der Waals surface area contributed by atoms with Crippen LogP contribution in [0.5, 0.6) is 0 Å². The van der Waals surface area contributed by atoms with Crippen LogP contribution in [0.15, 0.2) is 18.2 Å². The first-order valence-corrected chi connectivity index (χ1v) is 8.75. The minimum atomic E-state index is 0. The molecule has 1 aromatic carbocycles. The SMILES string of the molecule is Cc1ccc(CN2CCCC(C)C2)c(C2CCNCC2)c1.Cl.Cl. The highest BCUT2D eigenvalue weighted by Gasteiger charge is 2.21. The van der Waals surface area contributed by atoms with Crippen molar-refractivity contribution in [3.63, 3.8) is 0 Å². The quantitative estimate of drug-likeness (QED) is 0.853. The number of hydrogen-bond donors (Lipinski definition) is 1. The molecule has 3 rings (SSSR count).